The second-order valence-corrected chi connectivity index (χ2v) is 7.08. The number of esters is 1. The Hall–Kier alpha value is -1.89. The molecule has 1 aliphatic heterocycles. The van der Waals surface area contributed by atoms with Crippen molar-refractivity contribution >= 4 is 27.4 Å². The summed E-state index contributed by atoms with van der Waals surface area (Å²) in [5.41, 5.74) is 0.0281. The van der Waals surface area contributed by atoms with Crippen LogP contribution in [0.2, 0.25) is 0 Å². The maximum atomic E-state index is 12.5. The number of fused-ring (bicyclic) bond motifs is 1. The van der Waals surface area contributed by atoms with Crippen molar-refractivity contribution in [2.75, 3.05) is 12.4 Å². The number of amides is 1. The zero-order valence-electron chi connectivity index (χ0n) is 10.7. The molecule has 0 spiro atoms. The van der Waals surface area contributed by atoms with Crippen LogP contribution in [0.15, 0.2) is 23.1 Å². The Labute approximate surface area is 110 Å². The van der Waals surface area contributed by atoms with E-state index < -0.39 is 26.5 Å². The molecule has 1 aromatic carbocycles. The van der Waals surface area contributed by atoms with Crippen molar-refractivity contribution in [3.05, 3.63) is 23.8 Å². The molecule has 0 bridgehead atoms. The average Bonchev–Trinajstić information content (AvgIpc) is 2.35. The molecule has 0 atom stereocenters. The number of carbonyl (C=O) groups is 2. The Kier molecular flexibility index (Phi) is 2.89. The normalized spacial score (nSPS) is 19.2. The van der Waals surface area contributed by atoms with Gasteiger partial charge >= 0.3 is 5.97 Å². The summed E-state index contributed by atoms with van der Waals surface area (Å²) in [5.74, 6) is -1.38. The molecule has 0 radical (unpaired) electrons. The minimum absolute atomic E-state index is 0.0759. The molecule has 102 valence electrons. The summed E-state index contributed by atoms with van der Waals surface area (Å²) in [6.07, 6.45) is 0. The summed E-state index contributed by atoms with van der Waals surface area (Å²) in [7, 11) is -2.80. The maximum Gasteiger partial charge on any atom is 0.339 e. The molecule has 1 heterocycles. The first kappa shape index (κ1) is 13.5. The number of carbonyl (C=O) groups excluding carboxylic acids is 2. The van der Waals surface area contributed by atoms with Gasteiger partial charge in [0.05, 0.1) is 18.4 Å². The van der Waals surface area contributed by atoms with Gasteiger partial charge in [-0.25, -0.2) is 13.2 Å². The first-order chi connectivity index (χ1) is 8.73. The van der Waals surface area contributed by atoms with Gasteiger partial charge in [0.1, 0.15) is 9.64 Å². The number of sulfone groups is 1. The third kappa shape index (κ3) is 1.73. The van der Waals surface area contributed by atoms with Crippen LogP contribution in [0.3, 0.4) is 0 Å². The molecule has 0 saturated carbocycles. The first-order valence-electron chi connectivity index (χ1n) is 5.51. The average molecular weight is 283 g/mol. The van der Waals surface area contributed by atoms with Gasteiger partial charge in [0, 0.05) is 0 Å². The molecule has 7 heteroatoms. The van der Waals surface area contributed by atoms with Crippen LogP contribution in [0.1, 0.15) is 24.2 Å². The SMILES string of the molecule is COC(=O)c1cccc2c1S(=O)(=O)C(C)(C)C(=O)N2. The molecule has 19 heavy (non-hydrogen) atoms. The van der Waals surface area contributed by atoms with E-state index in [4.69, 9.17) is 0 Å². The largest absolute Gasteiger partial charge is 0.465 e. The van der Waals surface area contributed by atoms with E-state index in [1.54, 1.807) is 0 Å². The molecular weight excluding hydrogens is 270 g/mol. The summed E-state index contributed by atoms with van der Waals surface area (Å²) >= 11 is 0. The van der Waals surface area contributed by atoms with Crippen LogP contribution in [0.25, 0.3) is 0 Å². The summed E-state index contributed by atoms with van der Waals surface area (Å²) < 4.78 is 28.0. The summed E-state index contributed by atoms with van der Waals surface area (Å²) in [6, 6.07) is 4.28. The van der Waals surface area contributed by atoms with E-state index in [0.717, 1.165) is 0 Å². The van der Waals surface area contributed by atoms with Gasteiger partial charge in [0.2, 0.25) is 5.91 Å². The van der Waals surface area contributed by atoms with Gasteiger partial charge in [-0.05, 0) is 26.0 Å². The van der Waals surface area contributed by atoms with Gasteiger partial charge in [-0.15, -0.1) is 0 Å². The van der Waals surface area contributed by atoms with Crippen LogP contribution in [-0.2, 0) is 19.4 Å². The lowest BCUT2D eigenvalue weighted by Crippen LogP contribution is -2.48. The van der Waals surface area contributed by atoms with Crippen LogP contribution in [0.4, 0.5) is 5.69 Å². The van der Waals surface area contributed by atoms with Crippen molar-refractivity contribution < 1.29 is 22.7 Å². The molecule has 0 unspecified atom stereocenters. The molecule has 0 fully saturated rings. The van der Waals surface area contributed by atoms with E-state index in [9.17, 15) is 18.0 Å². The van der Waals surface area contributed by atoms with E-state index in [1.807, 2.05) is 0 Å². The molecule has 2 rings (SSSR count). The van der Waals surface area contributed by atoms with Gasteiger partial charge in [0.25, 0.3) is 0 Å². The minimum Gasteiger partial charge on any atom is -0.465 e. The fourth-order valence-electron chi connectivity index (χ4n) is 1.85. The Bertz CT molecular complexity index is 675. The van der Waals surface area contributed by atoms with Crippen LogP contribution < -0.4 is 5.32 Å². The van der Waals surface area contributed by atoms with Gasteiger partial charge in [-0.2, -0.15) is 0 Å². The van der Waals surface area contributed by atoms with Gasteiger partial charge < -0.3 is 10.1 Å². The van der Waals surface area contributed by atoms with Crippen molar-refractivity contribution in [1.82, 2.24) is 0 Å². The van der Waals surface area contributed by atoms with Gasteiger partial charge in [-0.3, -0.25) is 4.79 Å². The summed E-state index contributed by atoms with van der Waals surface area (Å²) in [4.78, 5) is 23.3. The molecule has 0 saturated heterocycles. The molecule has 1 N–H and O–H groups in total. The van der Waals surface area contributed by atoms with Crippen molar-refractivity contribution in [1.29, 1.82) is 0 Å². The number of ether oxygens (including phenoxy) is 1. The van der Waals surface area contributed by atoms with E-state index in [0.29, 0.717) is 0 Å². The van der Waals surface area contributed by atoms with Crippen molar-refractivity contribution in [2.24, 2.45) is 0 Å². The predicted molar refractivity (Wildman–Crippen MR) is 67.7 cm³/mol. The van der Waals surface area contributed by atoms with Crippen LogP contribution in [0.5, 0.6) is 0 Å². The molecular formula is C12H13NO5S. The lowest BCUT2D eigenvalue weighted by atomic mass is 10.1. The summed E-state index contributed by atoms with van der Waals surface area (Å²) in [5, 5.41) is 2.50. The molecule has 1 aliphatic rings. The van der Waals surface area contributed by atoms with Crippen LogP contribution >= 0.6 is 0 Å². The van der Waals surface area contributed by atoms with E-state index in [2.05, 4.69) is 10.1 Å². The molecule has 6 nitrogen and oxygen atoms in total. The second-order valence-electron chi connectivity index (χ2n) is 4.64. The van der Waals surface area contributed by atoms with E-state index >= 15 is 0 Å². The van der Waals surface area contributed by atoms with Crippen LogP contribution in [0, 0.1) is 0 Å². The van der Waals surface area contributed by atoms with Crippen LogP contribution in [-0.4, -0.2) is 32.2 Å². The highest BCUT2D eigenvalue weighted by Gasteiger charge is 2.49. The number of nitrogens with one attached hydrogen (secondary N) is 1. The highest BCUT2D eigenvalue weighted by Crippen LogP contribution is 2.38. The monoisotopic (exact) mass is 283 g/mol. The van der Waals surface area contributed by atoms with Gasteiger partial charge in [-0.1, -0.05) is 6.07 Å². The standard InChI is InChI=1S/C12H13NO5S/c1-12(2)11(15)13-8-6-4-5-7(10(14)18-3)9(8)19(12,16)17/h4-6H,1-3H3,(H,13,15). The third-order valence-electron chi connectivity index (χ3n) is 3.16. The Morgan fingerprint density at radius 3 is 2.53 bits per heavy atom. The highest BCUT2D eigenvalue weighted by atomic mass is 32.2. The fourth-order valence-corrected chi connectivity index (χ4v) is 3.50. The van der Waals surface area contributed by atoms with Crippen molar-refractivity contribution in [2.45, 2.75) is 23.5 Å². The number of benzene rings is 1. The molecule has 1 amide bonds. The first-order valence-corrected chi connectivity index (χ1v) is 6.99. The Morgan fingerprint density at radius 2 is 1.95 bits per heavy atom. The predicted octanol–water partition coefficient (Wildman–Crippen LogP) is 0.978. The highest BCUT2D eigenvalue weighted by molar-refractivity contribution is 7.94. The van der Waals surface area contributed by atoms with Crippen molar-refractivity contribution in [3.63, 3.8) is 0 Å². The minimum atomic E-state index is -3.97. The molecule has 1 aromatic rings. The Balaban J connectivity index is 2.83. The number of rotatable bonds is 1. The smallest absolute Gasteiger partial charge is 0.339 e. The topological polar surface area (TPSA) is 89.5 Å². The number of hydrogen-bond acceptors (Lipinski definition) is 5. The zero-order chi connectivity index (χ0) is 14.4. The van der Waals surface area contributed by atoms with E-state index in [-0.39, 0.29) is 16.1 Å². The third-order valence-corrected chi connectivity index (χ3v) is 5.66. The zero-order valence-corrected chi connectivity index (χ0v) is 11.5. The number of anilines is 1. The quantitative estimate of drug-likeness (QED) is 0.776. The van der Waals surface area contributed by atoms with Crippen molar-refractivity contribution in [3.8, 4) is 0 Å². The van der Waals surface area contributed by atoms with E-state index in [1.165, 1.54) is 39.2 Å². The fraction of sp³-hybridized carbons (Fsp3) is 0.333. The summed E-state index contributed by atoms with van der Waals surface area (Å²) in [6.45, 7) is 2.60. The van der Waals surface area contributed by atoms with Gasteiger partial charge in [0.15, 0.2) is 9.84 Å². The lowest BCUT2D eigenvalue weighted by molar-refractivity contribution is -0.118. The number of hydrogen-bond donors (Lipinski definition) is 1. The molecule has 0 aromatic heterocycles. The second kappa shape index (κ2) is 4.06. The lowest BCUT2D eigenvalue weighted by Gasteiger charge is -2.31. The molecule has 0 aliphatic carbocycles. The number of methoxy groups -OCH3 is 1. The Morgan fingerprint density at radius 1 is 1.32 bits per heavy atom. The maximum absolute atomic E-state index is 12.5.